The highest BCUT2D eigenvalue weighted by Crippen LogP contribution is 2.18. The van der Waals surface area contributed by atoms with Gasteiger partial charge in [-0.25, -0.2) is 9.78 Å². The maximum absolute atomic E-state index is 12.0. The van der Waals surface area contributed by atoms with E-state index in [1.165, 1.54) is 14.7 Å². The molecule has 0 saturated heterocycles. The molecule has 0 saturated carbocycles. The van der Waals surface area contributed by atoms with Gasteiger partial charge in [0.15, 0.2) is 5.65 Å². The second-order valence-corrected chi connectivity index (χ2v) is 6.44. The number of aromatic nitrogens is 4. The van der Waals surface area contributed by atoms with Crippen molar-refractivity contribution in [3.05, 3.63) is 56.8 Å². The molecule has 7 heteroatoms. The Balaban J connectivity index is 1.84. The van der Waals surface area contributed by atoms with E-state index in [0.29, 0.717) is 10.3 Å². The van der Waals surface area contributed by atoms with E-state index in [0.717, 1.165) is 22.8 Å². The molecule has 0 spiro atoms. The van der Waals surface area contributed by atoms with Crippen LogP contribution in [-0.2, 0) is 25.6 Å². The van der Waals surface area contributed by atoms with Crippen molar-refractivity contribution in [1.29, 1.82) is 0 Å². The third kappa shape index (κ3) is 2.74. The van der Waals surface area contributed by atoms with Crippen LogP contribution < -0.4 is 5.69 Å². The van der Waals surface area contributed by atoms with Gasteiger partial charge in [0.05, 0.1) is 5.75 Å². The lowest BCUT2D eigenvalue weighted by molar-refractivity contribution is 0.721. The smallest absolute Gasteiger partial charge is 0.330 e. The predicted octanol–water partition coefficient (Wildman–Crippen LogP) is 2.76. The summed E-state index contributed by atoms with van der Waals surface area (Å²) in [5, 5.41) is 0. The predicted molar refractivity (Wildman–Crippen MR) is 92.6 cm³/mol. The molecular formula is C15H16N4OS2. The molecular weight excluding hydrogens is 316 g/mol. The highest BCUT2D eigenvalue weighted by molar-refractivity contribution is 7.97. The highest BCUT2D eigenvalue weighted by atomic mass is 32.2. The first-order valence-electron chi connectivity index (χ1n) is 6.84. The Bertz CT molecular complexity index is 924. The van der Waals surface area contributed by atoms with Gasteiger partial charge in [0, 0.05) is 19.8 Å². The number of aromatic amines is 1. The first-order chi connectivity index (χ1) is 10.6. The zero-order chi connectivity index (χ0) is 15.7. The molecule has 0 bridgehead atoms. The van der Waals surface area contributed by atoms with E-state index in [9.17, 15) is 4.79 Å². The van der Waals surface area contributed by atoms with E-state index in [2.05, 4.69) is 22.1 Å². The van der Waals surface area contributed by atoms with Crippen molar-refractivity contribution < 1.29 is 0 Å². The summed E-state index contributed by atoms with van der Waals surface area (Å²) in [5.74, 6) is 2.50. The van der Waals surface area contributed by atoms with E-state index in [-0.39, 0.29) is 5.69 Å². The number of hydrogen-bond donors (Lipinski definition) is 1. The molecule has 22 heavy (non-hydrogen) atoms. The van der Waals surface area contributed by atoms with E-state index in [1.807, 2.05) is 18.2 Å². The molecule has 5 nitrogen and oxygen atoms in total. The monoisotopic (exact) mass is 332 g/mol. The van der Waals surface area contributed by atoms with Gasteiger partial charge in [0.2, 0.25) is 0 Å². The third-order valence-corrected chi connectivity index (χ3v) is 4.99. The maximum atomic E-state index is 12.0. The molecule has 2 aromatic heterocycles. The van der Waals surface area contributed by atoms with Gasteiger partial charge in [-0.3, -0.25) is 9.13 Å². The summed E-state index contributed by atoms with van der Waals surface area (Å²) in [6, 6.07) is 10.3. The molecule has 1 N–H and O–H groups in total. The fraction of sp³-hybridized carbons (Fsp3) is 0.267. The van der Waals surface area contributed by atoms with Crippen LogP contribution in [-0.4, -0.2) is 19.1 Å². The molecule has 0 radical (unpaired) electrons. The number of nitrogens with zero attached hydrogens (tertiary/aromatic N) is 3. The Kier molecular flexibility index (Phi) is 4.17. The number of benzene rings is 1. The number of thioether (sulfide) groups is 1. The largest absolute Gasteiger partial charge is 0.338 e. The summed E-state index contributed by atoms with van der Waals surface area (Å²) in [4.78, 5) is 19.8. The Morgan fingerprint density at radius 1 is 1.18 bits per heavy atom. The van der Waals surface area contributed by atoms with E-state index < -0.39 is 0 Å². The Morgan fingerprint density at radius 2 is 1.91 bits per heavy atom. The summed E-state index contributed by atoms with van der Waals surface area (Å²) < 4.78 is 3.47. The average molecular weight is 332 g/mol. The van der Waals surface area contributed by atoms with Gasteiger partial charge in [-0.2, -0.15) is 0 Å². The summed E-state index contributed by atoms with van der Waals surface area (Å²) in [5.41, 5.74) is 2.48. The van der Waals surface area contributed by atoms with E-state index in [1.54, 1.807) is 25.9 Å². The minimum atomic E-state index is -0.160. The molecule has 2 heterocycles. The number of fused-ring (bicyclic) bond motifs is 1. The normalized spacial score (nSPS) is 11.2. The van der Waals surface area contributed by atoms with Crippen molar-refractivity contribution in [3.8, 4) is 0 Å². The molecule has 1 aromatic carbocycles. The Labute approximate surface area is 137 Å². The number of H-pyrrole nitrogens is 1. The van der Waals surface area contributed by atoms with Crippen molar-refractivity contribution in [1.82, 2.24) is 19.1 Å². The topological polar surface area (TPSA) is 55.6 Å². The van der Waals surface area contributed by atoms with Gasteiger partial charge >= 0.3 is 5.69 Å². The minimum Gasteiger partial charge on any atom is -0.338 e. The number of imidazole rings is 1. The summed E-state index contributed by atoms with van der Waals surface area (Å²) in [7, 11) is 3.38. The number of rotatable bonds is 4. The van der Waals surface area contributed by atoms with Gasteiger partial charge in [-0.15, -0.1) is 11.8 Å². The van der Waals surface area contributed by atoms with Crippen molar-refractivity contribution in [2.75, 3.05) is 0 Å². The zero-order valence-electron chi connectivity index (χ0n) is 12.4. The molecule has 0 amide bonds. The van der Waals surface area contributed by atoms with Gasteiger partial charge < -0.3 is 4.98 Å². The SMILES string of the molecule is Cn1c(=S)c2[nH]c(CSCc3ccccc3)nc2n(C)c1=O. The Morgan fingerprint density at radius 3 is 2.64 bits per heavy atom. The number of hydrogen-bond acceptors (Lipinski definition) is 4. The molecule has 3 aromatic rings. The van der Waals surface area contributed by atoms with Crippen molar-refractivity contribution >= 4 is 35.1 Å². The second kappa shape index (κ2) is 6.10. The molecule has 0 aliphatic carbocycles. The molecule has 3 rings (SSSR count). The third-order valence-electron chi connectivity index (χ3n) is 3.49. The zero-order valence-corrected chi connectivity index (χ0v) is 14.0. The Hall–Kier alpha value is -1.86. The van der Waals surface area contributed by atoms with Crippen LogP contribution in [0.25, 0.3) is 11.2 Å². The van der Waals surface area contributed by atoms with Crippen molar-refractivity contribution in [2.45, 2.75) is 11.5 Å². The van der Waals surface area contributed by atoms with Crippen molar-refractivity contribution in [3.63, 3.8) is 0 Å². The summed E-state index contributed by atoms with van der Waals surface area (Å²) in [6.45, 7) is 0. The maximum Gasteiger partial charge on any atom is 0.330 e. The van der Waals surface area contributed by atoms with Gasteiger partial charge in [0.1, 0.15) is 16.0 Å². The lowest BCUT2D eigenvalue weighted by Crippen LogP contribution is -2.27. The molecule has 0 fully saturated rings. The van der Waals surface area contributed by atoms with Crippen LogP contribution in [0.1, 0.15) is 11.4 Å². The van der Waals surface area contributed by atoms with Crippen LogP contribution in [0.3, 0.4) is 0 Å². The van der Waals surface area contributed by atoms with Crippen LogP contribution in [0.15, 0.2) is 35.1 Å². The number of aryl methyl sites for hydroxylation is 1. The number of nitrogens with one attached hydrogen (secondary N) is 1. The first kappa shape index (κ1) is 15.1. The lowest BCUT2D eigenvalue weighted by Gasteiger charge is -2.02. The minimum absolute atomic E-state index is 0.160. The van der Waals surface area contributed by atoms with Crippen LogP contribution in [0.2, 0.25) is 0 Å². The van der Waals surface area contributed by atoms with Crippen LogP contribution in [0, 0.1) is 4.64 Å². The van der Waals surface area contributed by atoms with Crippen LogP contribution >= 0.6 is 24.0 Å². The van der Waals surface area contributed by atoms with Crippen molar-refractivity contribution in [2.24, 2.45) is 14.1 Å². The van der Waals surface area contributed by atoms with Crippen LogP contribution in [0.4, 0.5) is 0 Å². The molecule has 0 unspecified atom stereocenters. The molecule has 0 aliphatic rings. The van der Waals surface area contributed by atoms with E-state index in [4.69, 9.17) is 12.2 Å². The molecule has 114 valence electrons. The lowest BCUT2D eigenvalue weighted by atomic mass is 10.2. The molecule has 0 aliphatic heterocycles. The standard InChI is InChI=1S/C15H16N4OS2/c1-18-13-12(14(21)19(2)15(18)20)16-11(17-13)9-22-8-10-6-4-3-5-7-10/h3-7H,8-9H2,1-2H3,(H,16,17). The average Bonchev–Trinajstić information content (AvgIpc) is 2.96. The fourth-order valence-electron chi connectivity index (χ4n) is 2.28. The fourth-order valence-corrected chi connectivity index (χ4v) is 3.36. The van der Waals surface area contributed by atoms with E-state index >= 15 is 0 Å². The summed E-state index contributed by atoms with van der Waals surface area (Å²) in [6.07, 6.45) is 0. The van der Waals surface area contributed by atoms with Gasteiger partial charge in [-0.1, -0.05) is 42.5 Å². The second-order valence-electron chi connectivity index (χ2n) is 5.07. The van der Waals surface area contributed by atoms with Gasteiger partial charge in [-0.05, 0) is 5.56 Å². The van der Waals surface area contributed by atoms with Gasteiger partial charge in [0.25, 0.3) is 0 Å². The first-order valence-corrected chi connectivity index (χ1v) is 8.40. The molecule has 0 atom stereocenters. The van der Waals surface area contributed by atoms with Crippen LogP contribution in [0.5, 0.6) is 0 Å². The quantitative estimate of drug-likeness (QED) is 0.747. The summed E-state index contributed by atoms with van der Waals surface area (Å²) >= 11 is 7.09. The highest BCUT2D eigenvalue weighted by Gasteiger charge is 2.11.